The van der Waals surface area contributed by atoms with Crippen LogP contribution in [-0.4, -0.2) is 49.4 Å². The van der Waals surface area contributed by atoms with E-state index in [1.165, 1.54) is 0 Å². The molecule has 0 spiro atoms. The molecule has 2 heterocycles. The Kier molecular flexibility index (Phi) is 4.33. The third kappa shape index (κ3) is 3.30. The van der Waals surface area contributed by atoms with Crippen molar-refractivity contribution in [2.75, 3.05) is 43.6 Å². The van der Waals surface area contributed by atoms with E-state index in [4.69, 9.17) is 10.5 Å². The molecule has 1 unspecified atom stereocenters. The molecule has 0 radical (unpaired) electrons. The molecule has 100 valence electrons. The molecule has 1 aliphatic heterocycles. The van der Waals surface area contributed by atoms with Gasteiger partial charge in [0.2, 0.25) is 5.95 Å². The second-order valence-corrected chi connectivity index (χ2v) is 4.61. The number of ether oxygens (including phenoxy) is 1. The SMILES string of the molecule is COCCNc1nc(C)cc(N2CCC(N)C2)n1. The molecule has 3 N–H and O–H groups in total. The molecular formula is C12H21N5O. The lowest BCUT2D eigenvalue weighted by Crippen LogP contribution is -2.27. The lowest BCUT2D eigenvalue weighted by Gasteiger charge is -2.18. The number of methoxy groups -OCH3 is 1. The molecule has 1 fully saturated rings. The summed E-state index contributed by atoms with van der Waals surface area (Å²) >= 11 is 0. The lowest BCUT2D eigenvalue weighted by molar-refractivity contribution is 0.210. The molecule has 1 aromatic rings. The van der Waals surface area contributed by atoms with Crippen molar-refractivity contribution in [1.82, 2.24) is 9.97 Å². The topological polar surface area (TPSA) is 76.3 Å². The first-order valence-corrected chi connectivity index (χ1v) is 6.28. The zero-order chi connectivity index (χ0) is 13.0. The Morgan fingerprint density at radius 1 is 1.56 bits per heavy atom. The number of anilines is 2. The number of nitrogens with zero attached hydrogens (tertiary/aromatic N) is 3. The predicted molar refractivity (Wildman–Crippen MR) is 71.9 cm³/mol. The van der Waals surface area contributed by atoms with Crippen molar-refractivity contribution < 1.29 is 4.74 Å². The first-order chi connectivity index (χ1) is 8.69. The zero-order valence-electron chi connectivity index (χ0n) is 11.0. The van der Waals surface area contributed by atoms with Crippen LogP contribution in [0.3, 0.4) is 0 Å². The minimum Gasteiger partial charge on any atom is -0.383 e. The summed E-state index contributed by atoms with van der Waals surface area (Å²) in [5.41, 5.74) is 6.88. The number of rotatable bonds is 5. The van der Waals surface area contributed by atoms with Gasteiger partial charge in [-0.3, -0.25) is 0 Å². The van der Waals surface area contributed by atoms with Gasteiger partial charge in [0.05, 0.1) is 6.61 Å². The highest BCUT2D eigenvalue weighted by Crippen LogP contribution is 2.19. The Bertz CT molecular complexity index is 398. The van der Waals surface area contributed by atoms with Crippen molar-refractivity contribution in [3.05, 3.63) is 11.8 Å². The number of nitrogens with one attached hydrogen (secondary N) is 1. The molecule has 0 aliphatic carbocycles. The zero-order valence-corrected chi connectivity index (χ0v) is 11.0. The third-order valence-electron chi connectivity index (χ3n) is 2.98. The smallest absolute Gasteiger partial charge is 0.224 e. The Morgan fingerprint density at radius 2 is 2.39 bits per heavy atom. The number of hydrogen-bond acceptors (Lipinski definition) is 6. The maximum absolute atomic E-state index is 5.92. The molecule has 0 bridgehead atoms. The van der Waals surface area contributed by atoms with Gasteiger partial charge in [-0.1, -0.05) is 0 Å². The van der Waals surface area contributed by atoms with Crippen LogP contribution in [0.15, 0.2) is 6.07 Å². The van der Waals surface area contributed by atoms with E-state index in [2.05, 4.69) is 20.2 Å². The molecule has 6 heteroatoms. The van der Waals surface area contributed by atoms with Crippen LogP contribution < -0.4 is 16.0 Å². The fraction of sp³-hybridized carbons (Fsp3) is 0.667. The van der Waals surface area contributed by atoms with Crippen molar-refractivity contribution in [2.24, 2.45) is 5.73 Å². The Balaban J connectivity index is 2.06. The Morgan fingerprint density at radius 3 is 3.06 bits per heavy atom. The van der Waals surface area contributed by atoms with Crippen molar-refractivity contribution in [2.45, 2.75) is 19.4 Å². The largest absolute Gasteiger partial charge is 0.383 e. The second kappa shape index (κ2) is 5.97. The Labute approximate surface area is 108 Å². The van der Waals surface area contributed by atoms with Gasteiger partial charge in [0.15, 0.2) is 0 Å². The third-order valence-corrected chi connectivity index (χ3v) is 2.98. The maximum atomic E-state index is 5.92. The van der Waals surface area contributed by atoms with Crippen LogP contribution in [-0.2, 0) is 4.74 Å². The van der Waals surface area contributed by atoms with E-state index in [9.17, 15) is 0 Å². The quantitative estimate of drug-likeness (QED) is 0.737. The van der Waals surface area contributed by atoms with Crippen LogP contribution in [0.4, 0.5) is 11.8 Å². The van der Waals surface area contributed by atoms with E-state index in [0.717, 1.165) is 31.0 Å². The van der Waals surface area contributed by atoms with E-state index in [1.54, 1.807) is 7.11 Å². The van der Waals surface area contributed by atoms with E-state index in [-0.39, 0.29) is 6.04 Å². The molecule has 2 rings (SSSR count). The summed E-state index contributed by atoms with van der Waals surface area (Å²) < 4.78 is 4.99. The molecule has 1 aliphatic rings. The average Bonchev–Trinajstić information content (AvgIpc) is 2.76. The molecule has 0 aromatic carbocycles. The van der Waals surface area contributed by atoms with Crippen LogP contribution in [0, 0.1) is 6.92 Å². The monoisotopic (exact) mass is 251 g/mol. The summed E-state index contributed by atoms with van der Waals surface area (Å²) in [6, 6.07) is 2.25. The van der Waals surface area contributed by atoms with Gasteiger partial charge in [-0.15, -0.1) is 0 Å². The highest BCUT2D eigenvalue weighted by atomic mass is 16.5. The van der Waals surface area contributed by atoms with Gasteiger partial charge in [0, 0.05) is 44.5 Å². The summed E-state index contributed by atoms with van der Waals surface area (Å²) in [6.07, 6.45) is 1.02. The highest BCUT2D eigenvalue weighted by Gasteiger charge is 2.20. The van der Waals surface area contributed by atoms with E-state index >= 15 is 0 Å². The van der Waals surface area contributed by atoms with Crippen LogP contribution >= 0.6 is 0 Å². The summed E-state index contributed by atoms with van der Waals surface area (Å²) in [6.45, 7) is 5.16. The van der Waals surface area contributed by atoms with Gasteiger partial charge in [0.1, 0.15) is 5.82 Å². The van der Waals surface area contributed by atoms with Gasteiger partial charge in [-0.25, -0.2) is 4.98 Å². The summed E-state index contributed by atoms with van der Waals surface area (Å²) in [5, 5.41) is 3.16. The summed E-state index contributed by atoms with van der Waals surface area (Å²) in [4.78, 5) is 11.1. The van der Waals surface area contributed by atoms with Crippen LogP contribution in [0.25, 0.3) is 0 Å². The lowest BCUT2D eigenvalue weighted by atomic mass is 10.3. The number of hydrogen-bond donors (Lipinski definition) is 2. The molecular weight excluding hydrogens is 230 g/mol. The molecule has 1 saturated heterocycles. The fourth-order valence-electron chi connectivity index (χ4n) is 2.05. The number of nitrogens with two attached hydrogens (primary N) is 1. The molecule has 1 aromatic heterocycles. The van der Waals surface area contributed by atoms with Crippen LogP contribution in [0.2, 0.25) is 0 Å². The van der Waals surface area contributed by atoms with Gasteiger partial charge in [-0.2, -0.15) is 4.98 Å². The highest BCUT2D eigenvalue weighted by molar-refractivity contribution is 5.45. The van der Waals surface area contributed by atoms with E-state index in [1.807, 2.05) is 13.0 Å². The molecule has 18 heavy (non-hydrogen) atoms. The number of aromatic nitrogens is 2. The van der Waals surface area contributed by atoms with Gasteiger partial charge >= 0.3 is 0 Å². The maximum Gasteiger partial charge on any atom is 0.224 e. The number of aryl methyl sites for hydroxylation is 1. The van der Waals surface area contributed by atoms with Crippen molar-refractivity contribution >= 4 is 11.8 Å². The summed E-state index contributed by atoms with van der Waals surface area (Å²) in [5.74, 6) is 1.61. The normalized spacial score (nSPS) is 19.3. The second-order valence-electron chi connectivity index (χ2n) is 4.61. The van der Waals surface area contributed by atoms with Crippen molar-refractivity contribution in [3.63, 3.8) is 0 Å². The Hall–Kier alpha value is -1.40. The molecule has 1 atom stereocenters. The molecule has 0 amide bonds. The summed E-state index contributed by atoms with van der Waals surface area (Å²) in [7, 11) is 1.68. The van der Waals surface area contributed by atoms with Crippen molar-refractivity contribution in [3.8, 4) is 0 Å². The van der Waals surface area contributed by atoms with Gasteiger partial charge in [-0.05, 0) is 13.3 Å². The first kappa shape index (κ1) is 13.0. The molecule has 6 nitrogen and oxygen atoms in total. The average molecular weight is 251 g/mol. The molecule has 0 saturated carbocycles. The standard InChI is InChI=1S/C12H21N5O/c1-9-7-11(17-5-3-10(13)8-17)16-12(15-9)14-4-6-18-2/h7,10H,3-6,8,13H2,1-2H3,(H,14,15,16). The van der Waals surface area contributed by atoms with E-state index < -0.39 is 0 Å². The predicted octanol–water partition coefficient (Wildman–Crippen LogP) is 0.381. The van der Waals surface area contributed by atoms with Gasteiger partial charge < -0.3 is 20.7 Å². The van der Waals surface area contributed by atoms with Crippen LogP contribution in [0.5, 0.6) is 0 Å². The minimum absolute atomic E-state index is 0.255. The fourth-order valence-corrected chi connectivity index (χ4v) is 2.05. The first-order valence-electron chi connectivity index (χ1n) is 6.28. The minimum atomic E-state index is 0.255. The van der Waals surface area contributed by atoms with Crippen molar-refractivity contribution in [1.29, 1.82) is 0 Å². The van der Waals surface area contributed by atoms with Gasteiger partial charge in [0.25, 0.3) is 0 Å². The van der Waals surface area contributed by atoms with Crippen LogP contribution in [0.1, 0.15) is 12.1 Å². The van der Waals surface area contributed by atoms with E-state index in [0.29, 0.717) is 19.1 Å².